The largest absolute Gasteiger partial charge is 0.462 e. The average molecular weight is 294 g/mol. The van der Waals surface area contributed by atoms with Crippen LogP contribution in [0.25, 0.3) is 0 Å². The van der Waals surface area contributed by atoms with Crippen LogP contribution in [0.5, 0.6) is 5.75 Å². The molecule has 0 N–H and O–H groups in total. The molecule has 5 heteroatoms. The molecule has 0 atom stereocenters. The van der Waals surface area contributed by atoms with Crippen molar-refractivity contribution in [2.24, 2.45) is 0 Å². The normalized spacial score (nSPS) is 20.8. The Hall–Kier alpha value is -0.883. The van der Waals surface area contributed by atoms with Crippen molar-refractivity contribution in [3.8, 4) is 5.75 Å². The lowest BCUT2D eigenvalue weighted by Gasteiger charge is -2.36. The molecule has 20 heavy (non-hydrogen) atoms. The molecular formula is C15H22O4Si. The lowest BCUT2D eigenvalue weighted by molar-refractivity contribution is -0.200. The molecule has 0 bridgehead atoms. The highest BCUT2D eigenvalue weighted by atomic mass is 28.4. The van der Waals surface area contributed by atoms with Gasteiger partial charge in [-0.25, -0.2) is 0 Å². The van der Waals surface area contributed by atoms with E-state index >= 15 is 0 Å². The first-order valence-corrected chi connectivity index (χ1v) is 9.49. The van der Waals surface area contributed by atoms with Crippen LogP contribution in [0.4, 0.5) is 0 Å². The highest BCUT2D eigenvalue weighted by molar-refractivity contribution is 6.79. The molecule has 1 fully saturated rings. The number of hydrogen-bond acceptors (Lipinski definition) is 4. The first-order valence-electron chi connectivity index (χ1n) is 7.17. The average Bonchev–Trinajstić information content (AvgIpc) is 2.94. The van der Waals surface area contributed by atoms with E-state index < -0.39 is 8.56 Å². The molecule has 110 valence electrons. The van der Waals surface area contributed by atoms with Crippen molar-refractivity contribution in [2.75, 3.05) is 14.2 Å². The second kappa shape index (κ2) is 5.15. The van der Waals surface area contributed by atoms with E-state index in [0.717, 1.165) is 29.3 Å². The molecule has 0 radical (unpaired) electrons. The van der Waals surface area contributed by atoms with Crippen molar-refractivity contribution >= 4 is 13.7 Å². The molecule has 0 amide bonds. The highest BCUT2D eigenvalue weighted by Crippen LogP contribution is 2.40. The number of benzene rings is 1. The SMILES string of the molecule is CO[Si](C)(OC)c1ccc2c(c1)COC1(CCCC1)O2. The Kier molecular flexibility index (Phi) is 3.62. The van der Waals surface area contributed by atoms with Crippen LogP contribution >= 0.6 is 0 Å². The molecule has 1 spiro atoms. The zero-order valence-corrected chi connectivity index (χ0v) is 13.4. The molecule has 0 unspecified atom stereocenters. The van der Waals surface area contributed by atoms with E-state index in [2.05, 4.69) is 12.1 Å². The molecule has 4 nitrogen and oxygen atoms in total. The smallest absolute Gasteiger partial charge is 0.368 e. The molecule has 1 aromatic rings. The van der Waals surface area contributed by atoms with Gasteiger partial charge in [0.1, 0.15) is 5.75 Å². The maximum atomic E-state index is 6.13. The van der Waals surface area contributed by atoms with Crippen LogP contribution in [0.2, 0.25) is 6.55 Å². The van der Waals surface area contributed by atoms with Gasteiger partial charge in [0, 0.05) is 32.6 Å². The van der Waals surface area contributed by atoms with E-state index in [0.29, 0.717) is 6.61 Å². The van der Waals surface area contributed by atoms with Crippen molar-refractivity contribution in [1.82, 2.24) is 0 Å². The van der Waals surface area contributed by atoms with E-state index in [1.807, 2.05) is 12.6 Å². The zero-order valence-electron chi connectivity index (χ0n) is 12.4. The minimum Gasteiger partial charge on any atom is -0.462 e. The summed E-state index contributed by atoms with van der Waals surface area (Å²) in [6, 6.07) is 6.21. The maximum Gasteiger partial charge on any atom is 0.368 e. The lowest BCUT2D eigenvalue weighted by atomic mass is 10.1. The van der Waals surface area contributed by atoms with Gasteiger partial charge in [-0.2, -0.15) is 0 Å². The molecule has 1 aliphatic carbocycles. The van der Waals surface area contributed by atoms with Crippen molar-refractivity contribution in [3.05, 3.63) is 23.8 Å². The molecular weight excluding hydrogens is 272 g/mol. The predicted octanol–water partition coefficient (Wildman–Crippen LogP) is 2.44. The van der Waals surface area contributed by atoms with Crippen molar-refractivity contribution in [3.63, 3.8) is 0 Å². The van der Waals surface area contributed by atoms with Crippen LogP contribution in [-0.4, -0.2) is 28.6 Å². The third kappa shape index (κ3) is 2.28. The van der Waals surface area contributed by atoms with E-state index in [4.69, 9.17) is 18.3 Å². The fraction of sp³-hybridized carbons (Fsp3) is 0.600. The van der Waals surface area contributed by atoms with Gasteiger partial charge >= 0.3 is 8.56 Å². The van der Waals surface area contributed by atoms with Crippen LogP contribution in [0.3, 0.4) is 0 Å². The zero-order chi connectivity index (χ0) is 14.2. The Morgan fingerprint density at radius 3 is 2.50 bits per heavy atom. The quantitative estimate of drug-likeness (QED) is 0.802. The monoisotopic (exact) mass is 294 g/mol. The van der Waals surface area contributed by atoms with Gasteiger partial charge in [0.15, 0.2) is 0 Å². The third-order valence-corrected chi connectivity index (χ3v) is 7.43. The van der Waals surface area contributed by atoms with Gasteiger partial charge in [0.25, 0.3) is 0 Å². The Bertz CT molecular complexity index is 493. The van der Waals surface area contributed by atoms with Crippen LogP contribution in [-0.2, 0) is 20.2 Å². The molecule has 0 saturated heterocycles. The number of ether oxygens (including phenoxy) is 2. The summed E-state index contributed by atoms with van der Waals surface area (Å²) in [5.41, 5.74) is 1.09. The molecule has 1 aromatic carbocycles. The summed E-state index contributed by atoms with van der Waals surface area (Å²) < 4.78 is 23.3. The Balaban J connectivity index is 1.88. The topological polar surface area (TPSA) is 36.9 Å². The van der Waals surface area contributed by atoms with Crippen LogP contribution < -0.4 is 9.92 Å². The summed E-state index contributed by atoms with van der Waals surface area (Å²) in [6.45, 7) is 2.65. The summed E-state index contributed by atoms with van der Waals surface area (Å²) >= 11 is 0. The summed E-state index contributed by atoms with van der Waals surface area (Å²) in [6.07, 6.45) is 4.37. The van der Waals surface area contributed by atoms with Gasteiger partial charge in [-0.15, -0.1) is 0 Å². The number of hydrogen-bond donors (Lipinski definition) is 0. The first-order chi connectivity index (χ1) is 9.61. The van der Waals surface area contributed by atoms with Crippen LogP contribution in [0, 0.1) is 0 Å². The summed E-state index contributed by atoms with van der Waals surface area (Å²) in [5.74, 6) is 0.586. The molecule has 1 saturated carbocycles. The van der Waals surface area contributed by atoms with Gasteiger partial charge in [0.05, 0.1) is 6.61 Å². The fourth-order valence-corrected chi connectivity index (χ4v) is 4.45. The molecule has 1 heterocycles. The second-order valence-corrected chi connectivity index (χ2v) is 8.97. The second-order valence-electron chi connectivity index (χ2n) is 5.68. The lowest BCUT2D eigenvalue weighted by Crippen LogP contribution is -2.50. The van der Waals surface area contributed by atoms with Crippen LogP contribution in [0.1, 0.15) is 31.2 Å². The molecule has 3 rings (SSSR count). The van der Waals surface area contributed by atoms with Crippen LogP contribution in [0.15, 0.2) is 18.2 Å². The molecule has 2 aliphatic rings. The summed E-state index contributed by atoms with van der Waals surface area (Å²) in [7, 11) is 1.12. The Labute approximate surface area is 121 Å². The van der Waals surface area contributed by atoms with Gasteiger partial charge in [-0.3, -0.25) is 0 Å². The Morgan fingerprint density at radius 2 is 1.85 bits per heavy atom. The van der Waals surface area contributed by atoms with Gasteiger partial charge in [0.2, 0.25) is 5.79 Å². The van der Waals surface area contributed by atoms with Gasteiger partial charge in [-0.1, -0.05) is 6.07 Å². The summed E-state index contributed by atoms with van der Waals surface area (Å²) in [5, 5.41) is 1.11. The van der Waals surface area contributed by atoms with Gasteiger partial charge in [-0.05, 0) is 36.7 Å². The maximum absolute atomic E-state index is 6.13. The van der Waals surface area contributed by atoms with E-state index in [9.17, 15) is 0 Å². The molecule has 1 aliphatic heterocycles. The van der Waals surface area contributed by atoms with Crippen molar-refractivity contribution < 1.29 is 18.3 Å². The van der Waals surface area contributed by atoms with Crippen molar-refractivity contribution in [2.45, 2.75) is 44.6 Å². The number of rotatable bonds is 3. The standard InChI is InChI=1S/C15H22O4Si/c1-16-20(3,17-2)13-6-7-14-12(10-13)11-18-15(19-14)8-4-5-9-15/h6-7,10H,4-5,8-9,11H2,1-3H3. The summed E-state index contributed by atoms with van der Waals surface area (Å²) in [4.78, 5) is 0. The minimum absolute atomic E-state index is 0.363. The van der Waals surface area contributed by atoms with E-state index in [-0.39, 0.29) is 5.79 Å². The Morgan fingerprint density at radius 1 is 1.15 bits per heavy atom. The minimum atomic E-state index is -2.28. The van der Waals surface area contributed by atoms with Gasteiger partial charge < -0.3 is 18.3 Å². The molecule has 0 aromatic heterocycles. The third-order valence-electron chi connectivity index (χ3n) is 4.52. The fourth-order valence-electron chi connectivity index (χ4n) is 2.99. The highest BCUT2D eigenvalue weighted by Gasteiger charge is 2.41. The van der Waals surface area contributed by atoms with Crippen molar-refractivity contribution in [1.29, 1.82) is 0 Å². The van der Waals surface area contributed by atoms with E-state index in [1.165, 1.54) is 12.8 Å². The van der Waals surface area contributed by atoms with E-state index in [1.54, 1.807) is 14.2 Å². The predicted molar refractivity (Wildman–Crippen MR) is 78.3 cm³/mol. The first kappa shape index (κ1) is 14.1. The number of fused-ring (bicyclic) bond motifs is 1.